The van der Waals surface area contributed by atoms with Crippen molar-refractivity contribution < 1.29 is 22.7 Å². The number of alkyl carbamates (subject to hydrolysis) is 1. The Hall–Kier alpha value is -0.860. The Bertz CT molecular complexity index is 479. The van der Waals surface area contributed by atoms with Crippen molar-refractivity contribution in [2.45, 2.75) is 38.5 Å². The highest BCUT2D eigenvalue weighted by molar-refractivity contribution is 7.91. The van der Waals surface area contributed by atoms with Gasteiger partial charge in [-0.2, -0.15) is 0 Å². The Kier molecular flexibility index (Phi) is 4.79. The van der Waals surface area contributed by atoms with Gasteiger partial charge in [-0.25, -0.2) is 13.2 Å². The molecule has 0 bridgehead atoms. The summed E-state index contributed by atoms with van der Waals surface area (Å²) in [6.45, 7) is 7.89. The van der Waals surface area contributed by atoms with Crippen LogP contribution >= 0.6 is 0 Å². The van der Waals surface area contributed by atoms with Crippen LogP contribution in [-0.2, 0) is 19.3 Å². The SMILES string of the molecule is CC(C)(C)OC(=O)N[C@@H]1CS(=O)(=O)C[C@@H]1N1CCOCC1. The van der Waals surface area contributed by atoms with E-state index in [-0.39, 0.29) is 17.5 Å². The first kappa shape index (κ1) is 16.5. The minimum Gasteiger partial charge on any atom is -0.444 e. The van der Waals surface area contributed by atoms with Gasteiger partial charge in [-0.1, -0.05) is 0 Å². The van der Waals surface area contributed by atoms with Crippen molar-refractivity contribution in [2.75, 3.05) is 37.8 Å². The third-order valence-electron chi connectivity index (χ3n) is 3.54. The number of sulfone groups is 1. The normalized spacial score (nSPS) is 30.0. The second-order valence-electron chi connectivity index (χ2n) is 6.55. The molecule has 2 aliphatic heterocycles. The molecule has 2 aliphatic rings. The summed E-state index contributed by atoms with van der Waals surface area (Å²) in [5, 5.41) is 2.72. The topological polar surface area (TPSA) is 84.9 Å². The summed E-state index contributed by atoms with van der Waals surface area (Å²) in [5.41, 5.74) is -0.601. The molecule has 122 valence electrons. The van der Waals surface area contributed by atoms with Crippen LogP contribution in [-0.4, -0.2) is 74.9 Å². The van der Waals surface area contributed by atoms with Gasteiger partial charge in [0.2, 0.25) is 0 Å². The quantitative estimate of drug-likeness (QED) is 0.771. The van der Waals surface area contributed by atoms with Crippen molar-refractivity contribution in [3.63, 3.8) is 0 Å². The highest BCUT2D eigenvalue weighted by Crippen LogP contribution is 2.20. The largest absolute Gasteiger partial charge is 0.444 e. The molecule has 0 aromatic carbocycles. The van der Waals surface area contributed by atoms with Crippen molar-refractivity contribution >= 4 is 15.9 Å². The molecule has 0 aliphatic carbocycles. The Balaban J connectivity index is 2.02. The van der Waals surface area contributed by atoms with Gasteiger partial charge >= 0.3 is 6.09 Å². The number of carbonyl (C=O) groups excluding carboxylic acids is 1. The second-order valence-corrected chi connectivity index (χ2v) is 8.70. The molecule has 0 radical (unpaired) electrons. The molecule has 1 amide bonds. The number of nitrogens with zero attached hydrogens (tertiary/aromatic N) is 1. The fraction of sp³-hybridized carbons (Fsp3) is 0.923. The Morgan fingerprint density at radius 3 is 2.43 bits per heavy atom. The number of morpholine rings is 1. The maximum atomic E-state index is 11.9. The van der Waals surface area contributed by atoms with Crippen LogP contribution in [0.25, 0.3) is 0 Å². The summed E-state index contributed by atoms with van der Waals surface area (Å²) in [6, 6.07) is -0.630. The van der Waals surface area contributed by atoms with Gasteiger partial charge in [0.25, 0.3) is 0 Å². The molecular formula is C13H24N2O5S. The molecule has 8 heteroatoms. The Morgan fingerprint density at radius 1 is 1.24 bits per heavy atom. The zero-order chi connectivity index (χ0) is 15.7. The van der Waals surface area contributed by atoms with Gasteiger partial charge in [0.15, 0.2) is 9.84 Å². The molecule has 1 N–H and O–H groups in total. The number of carbonyl (C=O) groups is 1. The zero-order valence-corrected chi connectivity index (χ0v) is 13.6. The Labute approximate surface area is 125 Å². The highest BCUT2D eigenvalue weighted by atomic mass is 32.2. The summed E-state index contributed by atoms with van der Waals surface area (Å²) in [6.07, 6.45) is -0.567. The van der Waals surface area contributed by atoms with Gasteiger partial charge in [0, 0.05) is 19.1 Å². The number of rotatable bonds is 2. The van der Waals surface area contributed by atoms with Crippen LogP contribution in [0.2, 0.25) is 0 Å². The van der Waals surface area contributed by atoms with Gasteiger partial charge < -0.3 is 14.8 Å². The lowest BCUT2D eigenvalue weighted by Crippen LogP contribution is -2.54. The van der Waals surface area contributed by atoms with Gasteiger partial charge in [-0.15, -0.1) is 0 Å². The van der Waals surface area contributed by atoms with Crippen molar-refractivity contribution in [1.82, 2.24) is 10.2 Å². The van der Waals surface area contributed by atoms with Crippen LogP contribution in [0.1, 0.15) is 20.8 Å². The minimum absolute atomic E-state index is 0.0335. The van der Waals surface area contributed by atoms with Gasteiger partial charge in [-0.05, 0) is 20.8 Å². The number of nitrogens with one attached hydrogen (secondary N) is 1. The summed E-state index contributed by atoms with van der Waals surface area (Å²) in [4.78, 5) is 14.0. The molecule has 0 aromatic rings. The predicted octanol–water partition coefficient (Wildman–Crippen LogP) is 0.00890. The van der Waals surface area contributed by atoms with Crippen molar-refractivity contribution in [3.8, 4) is 0 Å². The molecule has 0 spiro atoms. The average Bonchev–Trinajstić information content (AvgIpc) is 2.63. The van der Waals surface area contributed by atoms with Crippen molar-refractivity contribution in [2.24, 2.45) is 0 Å². The van der Waals surface area contributed by atoms with E-state index in [2.05, 4.69) is 10.2 Å². The molecule has 2 saturated heterocycles. The first-order chi connectivity index (χ1) is 9.66. The fourth-order valence-electron chi connectivity index (χ4n) is 2.69. The first-order valence-electron chi connectivity index (χ1n) is 7.18. The van der Waals surface area contributed by atoms with Crippen molar-refractivity contribution in [3.05, 3.63) is 0 Å². The van der Waals surface area contributed by atoms with E-state index >= 15 is 0 Å². The van der Waals surface area contributed by atoms with E-state index in [1.807, 2.05) is 0 Å². The minimum atomic E-state index is -3.14. The molecule has 0 saturated carbocycles. The maximum absolute atomic E-state index is 11.9. The van der Waals surface area contributed by atoms with E-state index in [4.69, 9.17) is 9.47 Å². The fourth-order valence-corrected chi connectivity index (χ4v) is 4.65. The molecule has 2 rings (SSSR count). The molecule has 21 heavy (non-hydrogen) atoms. The van der Waals surface area contributed by atoms with Gasteiger partial charge in [0.05, 0.1) is 30.8 Å². The van der Waals surface area contributed by atoms with E-state index in [1.165, 1.54) is 0 Å². The Morgan fingerprint density at radius 2 is 1.86 bits per heavy atom. The maximum Gasteiger partial charge on any atom is 0.407 e. The molecule has 2 fully saturated rings. The third-order valence-corrected chi connectivity index (χ3v) is 5.26. The first-order valence-corrected chi connectivity index (χ1v) is 9.00. The predicted molar refractivity (Wildman–Crippen MR) is 78.0 cm³/mol. The van der Waals surface area contributed by atoms with Gasteiger partial charge in [-0.3, -0.25) is 4.90 Å². The number of ether oxygens (including phenoxy) is 2. The molecule has 7 nitrogen and oxygen atoms in total. The molecular weight excluding hydrogens is 296 g/mol. The third kappa shape index (κ3) is 4.82. The van der Waals surface area contributed by atoms with Crippen LogP contribution < -0.4 is 5.32 Å². The van der Waals surface area contributed by atoms with E-state index in [9.17, 15) is 13.2 Å². The standard InChI is InChI=1S/C13H24N2O5S/c1-13(2,3)20-12(16)14-10-8-21(17,18)9-11(10)15-4-6-19-7-5-15/h10-11H,4-9H2,1-3H3,(H,14,16)/t10-,11+/m1/s1. The number of hydrogen-bond donors (Lipinski definition) is 1. The van der Waals surface area contributed by atoms with E-state index < -0.39 is 27.6 Å². The molecule has 0 unspecified atom stereocenters. The van der Waals surface area contributed by atoms with E-state index in [1.54, 1.807) is 20.8 Å². The molecule has 2 atom stereocenters. The number of hydrogen-bond acceptors (Lipinski definition) is 6. The summed E-state index contributed by atoms with van der Waals surface area (Å²) >= 11 is 0. The lowest BCUT2D eigenvalue weighted by molar-refractivity contribution is 0.0133. The van der Waals surface area contributed by atoms with Crippen LogP contribution in [0.5, 0.6) is 0 Å². The summed E-state index contributed by atoms with van der Waals surface area (Å²) in [5.74, 6) is 0.0434. The average molecular weight is 320 g/mol. The van der Waals surface area contributed by atoms with Crippen LogP contribution in [0.3, 0.4) is 0 Å². The van der Waals surface area contributed by atoms with Crippen LogP contribution in [0.4, 0.5) is 4.79 Å². The van der Waals surface area contributed by atoms with E-state index in [0.717, 1.165) is 0 Å². The zero-order valence-electron chi connectivity index (χ0n) is 12.8. The number of amides is 1. The lowest BCUT2D eigenvalue weighted by atomic mass is 10.1. The lowest BCUT2D eigenvalue weighted by Gasteiger charge is -2.35. The van der Waals surface area contributed by atoms with Crippen LogP contribution in [0, 0.1) is 0 Å². The monoisotopic (exact) mass is 320 g/mol. The molecule has 0 aromatic heterocycles. The molecule has 2 heterocycles. The summed E-state index contributed by atoms with van der Waals surface area (Å²) < 4.78 is 34.3. The summed E-state index contributed by atoms with van der Waals surface area (Å²) in [7, 11) is -3.14. The van der Waals surface area contributed by atoms with Gasteiger partial charge in [0.1, 0.15) is 5.60 Å². The highest BCUT2D eigenvalue weighted by Gasteiger charge is 2.42. The smallest absolute Gasteiger partial charge is 0.407 e. The van der Waals surface area contributed by atoms with Crippen LogP contribution in [0.15, 0.2) is 0 Å². The van der Waals surface area contributed by atoms with Crippen molar-refractivity contribution in [1.29, 1.82) is 0 Å². The van der Waals surface area contributed by atoms with E-state index in [0.29, 0.717) is 26.3 Å². The second kappa shape index (κ2) is 6.10.